The Morgan fingerprint density at radius 1 is 0.683 bits per heavy atom. The first-order chi connectivity index (χ1) is 18.4. The third-order valence-corrected chi connectivity index (χ3v) is 6.56. The minimum atomic E-state index is -0.589. The van der Waals surface area contributed by atoms with E-state index in [1.807, 2.05) is 39.8 Å². The molecule has 2 atom stereocenters. The van der Waals surface area contributed by atoms with Crippen molar-refractivity contribution < 1.29 is 31.4 Å². The molecule has 4 rings (SSSR count). The molecule has 0 saturated carbocycles. The van der Waals surface area contributed by atoms with Crippen LogP contribution in [-0.4, -0.2) is 58.6 Å². The molecule has 0 aromatic heterocycles. The molecular weight excluding hydrogens is 533 g/mol. The zero-order chi connectivity index (χ0) is 29.9. The molecule has 0 spiro atoms. The van der Waals surface area contributed by atoms with Gasteiger partial charge in [-0.3, -0.25) is 9.59 Å². The quantitative estimate of drug-likeness (QED) is 0.260. The molecule has 4 aliphatic rings. The summed E-state index contributed by atoms with van der Waals surface area (Å²) in [6, 6.07) is 0. The van der Waals surface area contributed by atoms with Crippen molar-refractivity contribution in [3.05, 3.63) is 95.6 Å². The second-order valence-electron chi connectivity index (χ2n) is 12.1. The van der Waals surface area contributed by atoms with Crippen LogP contribution in [0.2, 0.25) is 0 Å². The number of nitrogens with two attached hydrogens (primary N) is 2. The third kappa shape index (κ3) is 9.60. The Labute approximate surface area is 262 Å². The van der Waals surface area contributed by atoms with E-state index < -0.39 is 23.4 Å². The molecule has 9 heteroatoms. The fourth-order valence-corrected chi connectivity index (χ4v) is 4.71. The predicted octanol–water partition coefficient (Wildman–Crippen LogP) is 5.02. The molecule has 2 heterocycles. The normalized spacial score (nSPS) is 26.4. The van der Waals surface area contributed by atoms with E-state index in [1.54, 1.807) is 24.3 Å². The van der Waals surface area contributed by atoms with Crippen molar-refractivity contribution in [3.63, 3.8) is 0 Å². The van der Waals surface area contributed by atoms with E-state index in [0.29, 0.717) is 0 Å². The molecule has 0 aromatic rings. The number of carbonyl (C=O) groups is 2. The van der Waals surface area contributed by atoms with Crippen LogP contribution in [0.3, 0.4) is 0 Å². The third-order valence-electron chi connectivity index (χ3n) is 6.56. The van der Waals surface area contributed by atoms with Gasteiger partial charge >= 0.3 is 23.1 Å². The Kier molecular flexibility index (Phi) is 10.9. The van der Waals surface area contributed by atoms with Gasteiger partial charge in [0.05, 0.1) is 0 Å². The van der Waals surface area contributed by atoms with Crippen molar-refractivity contribution in [2.24, 2.45) is 22.3 Å². The number of fused-ring (bicyclic) bond motifs is 2. The van der Waals surface area contributed by atoms with Gasteiger partial charge in [-0.15, -0.1) is 0 Å². The molecule has 2 amide bonds. The summed E-state index contributed by atoms with van der Waals surface area (Å²) in [4.78, 5) is 21.3. The van der Waals surface area contributed by atoms with Crippen LogP contribution in [0.4, 0.5) is 0 Å². The minimum Gasteiger partial charge on any atom is -1.00 e. The molecule has 0 aromatic carbocycles. The molecule has 2 unspecified atom stereocenters. The van der Waals surface area contributed by atoms with Crippen molar-refractivity contribution in [3.8, 4) is 0 Å². The van der Waals surface area contributed by atoms with Gasteiger partial charge in [0.1, 0.15) is 23.7 Å². The summed E-state index contributed by atoms with van der Waals surface area (Å²) in [5, 5.41) is 0. The van der Waals surface area contributed by atoms with Gasteiger partial charge in [-0.25, -0.2) is 0 Å². The zero-order valence-corrected chi connectivity index (χ0v) is 26.8. The fraction of sp³-hybridized carbons (Fsp3) is 0.438. The largest absolute Gasteiger partial charge is 2.00 e. The van der Waals surface area contributed by atoms with Gasteiger partial charge in [-0.05, 0) is 35.5 Å². The van der Waals surface area contributed by atoms with Gasteiger partial charge in [0.15, 0.2) is 0 Å². The van der Waals surface area contributed by atoms with E-state index in [0.717, 1.165) is 22.7 Å². The molecule has 4 N–H and O–H groups in total. The molecule has 41 heavy (non-hydrogen) atoms. The zero-order valence-electron chi connectivity index (χ0n) is 27.4. The van der Waals surface area contributed by atoms with E-state index in [4.69, 9.17) is 30.4 Å². The van der Waals surface area contributed by atoms with E-state index in [-0.39, 0.29) is 48.9 Å². The van der Waals surface area contributed by atoms with Crippen LogP contribution in [0.1, 0.15) is 58.2 Å². The molecule has 0 radical (unpaired) electrons. The average molecular weight is 577 g/mol. The molecule has 2 saturated heterocycles. The maximum Gasteiger partial charge on any atom is 2.00 e. The van der Waals surface area contributed by atoms with Crippen LogP contribution >= 0.6 is 0 Å². The Bertz CT molecular complexity index is 1190. The van der Waals surface area contributed by atoms with Crippen molar-refractivity contribution in [1.82, 2.24) is 0 Å². The second kappa shape index (κ2) is 13.0. The van der Waals surface area contributed by atoms with Gasteiger partial charge in [0, 0.05) is 50.7 Å². The maximum absolute atomic E-state index is 10.6. The summed E-state index contributed by atoms with van der Waals surface area (Å²) in [5.74, 6) is -0.358. The van der Waals surface area contributed by atoms with E-state index >= 15 is 0 Å². The van der Waals surface area contributed by atoms with Crippen molar-refractivity contribution >= 4 is 34.9 Å². The first-order valence-corrected chi connectivity index (χ1v) is 13.3. The van der Waals surface area contributed by atoms with E-state index in [2.05, 4.69) is 52.0 Å². The number of ether oxygens (including phenoxy) is 4. The summed E-state index contributed by atoms with van der Waals surface area (Å²) in [5.41, 5.74) is 12.0. The first kappa shape index (κ1) is 34.3. The van der Waals surface area contributed by atoms with Crippen LogP contribution < -0.4 is 11.5 Å². The molecule has 2 fully saturated rings. The summed E-state index contributed by atoms with van der Waals surface area (Å²) < 4.78 is 23.2. The Morgan fingerprint density at radius 2 is 1.02 bits per heavy atom. The van der Waals surface area contributed by atoms with Gasteiger partial charge < -0.3 is 33.3 Å². The summed E-state index contributed by atoms with van der Waals surface area (Å²) in [7, 11) is 0. The number of primary amides is 2. The smallest absolute Gasteiger partial charge is 1.00 e. The van der Waals surface area contributed by atoms with Crippen molar-refractivity contribution in [1.29, 1.82) is 0 Å². The standard InChI is InChI=1S/2C16H21NO3.Mg.2H/c2*1-15(2)10-13-12(19-16(3,4)20-13)9-11(15)7-5-6-8-14(17)18;;;/h2*5-10,12H,1-4H3,(H2,17,18);;;/q;;+2;2*-1/b2*7-5+,8-6?;;;. The summed E-state index contributed by atoms with van der Waals surface area (Å²) in [6.07, 6.45) is 21.4. The van der Waals surface area contributed by atoms with Crippen LogP contribution in [0.5, 0.6) is 0 Å². The molecule has 0 bridgehead atoms. The van der Waals surface area contributed by atoms with Gasteiger partial charge in [0.25, 0.3) is 0 Å². The van der Waals surface area contributed by atoms with Crippen LogP contribution in [0.25, 0.3) is 0 Å². The van der Waals surface area contributed by atoms with Crippen molar-refractivity contribution in [2.45, 2.75) is 79.2 Å². The number of allylic oxidation sites excluding steroid dienone is 10. The molecular formula is C32H44MgN2O6. The monoisotopic (exact) mass is 576 g/mol. The molecule has 2 aliphatic heterocycles. The number of hydrogen-bond donors (Lipinski definition) is 2. The first-order valence-electron chi connectivity index (χ1n) is 13.3. The Morgan fingerprint density at radius 3 is 1.34 bits per heavy atom. The van der Waals surface area contributed by atoms with E-state index in [9.17, 15) is 9.59 Å². The molecule has 2 aliphatic carbocycles. The summed E-state index contributed by atoms with van der Waals surface area (Å²) in [6.45, 7) is 16.0. The van der Waals surface area contributed by atoms with Gasteiger partial charge in [0.2, 0.25) is 23.4 Å². The average Bonchev–Trinajstić information content (AvgIpc) is 3.24. The van der Waals surface area contributed by atoms with Gasteiger partial charge in [-0.1, -0.05) is 64.2 Å². The Hall–Kier alpha value is -2.85. The second-order valence-corrected chi connectivity index (χ2v) is 12.1. The molecule has 220 valence electrons. The van der Waals surface area contributed by atoms with Gasteiger partial charge in [-0.2, -0.15) is 0 Å². The van der Waals surface area contributed by atoms with Crippen LogP contribution in [0, 0.1) is 10.8 Å². The van der Waals surface area contributed by atoms with Crippen LogP contribution in [0.15, 0.2) is 95.6 Å². The number of amides is 2. The predicted molar refractivity (Wildman–Crippen MR) is 163 cm³/mol. The van der Waals surface area contributed by atoms with E-state index in [1.165, 1.54) is 12.2 Å². The Balaban J connectivity index is 0.000000767. The number of hydrogen-bond acceptors (Lipinski definition) is 6. The minimum absolute atomic E-state index is 0. The SMILES string of the molecule is CC1(C)OC2=CC(C)(C)C(/C=C/C=CC(N)=O)=CC2O1.CC1(C)OC2=CC(C)(C)C(/C=C/C=CC(N)=O)=CC2O1.[H-].[H-].[Mg+2]. The maximum atomic E-state index is 10.6. The summed E-state index contributed by atoms with van der Waals surface area (Å²) >= 11 is 0. The molecule has 8 nitrogen and oxygen atoms in total. The van der Waals surface area contributed by atoms with Crippen LogP contribution in [-0.2, 0) is 28.5 Å². The number of carbonyl (C=O) groups excluding carboxylic acids is 2. The topological polar surface area (TPSA) is 123 Å². The number of rotatable bonds is 6. The van der Waals surface area contributed by atoms with Crippen molar-refractivity contribution in [2.75, 3.05) is 0 Å². The fourth-order valence-electron chi connectivity index (χ4n) is 4.71.